The molecule has 19 heavy (non-hydrogen) atoms. The lowest BCUT2D eigenvalue weighted by atomic mass is 10.1. The molecule has 1 aromatic heterocycles. The van der Waals surface area contributed by atoms with E-state index >= 15 is 0 Å². The third-order valence-corrected chi connectivity index (χ3v) is 3.25. The molecular weight excluding hydrogens is 264 g/mol. The highest BCUT2D eigenvalue weighted by molar-refractivity contribution is 6.30. The van der Waals surface area contributed by atoms with Crippen molar-refractivity contribution in [3.05, 3.63) is 45.8 Å². The van der Waals surface area contributed by atoms with Crippen molar-refractivity contribution in [2.24, 2.45) is 5.73 Å². The molecule has 1 aromatic carbocycles. The third kappa shape index (κ3) is 3.08. The Morgan fingerprint density at radius 2 is 2.16 bits per heavy atom. The SMILES string of the molecule is Cc1noc(C)c1COc1ccc(Cl)cc1[C@H](C)N. The van der Waals surface area contributed by atoms with Gasteiger partial charge in [0.2, 0.25) is 0 Å². The van der Waals surface area contributed by atoms with Crippen molar-refractivity contribution in [3.63, 3.8) is 0 Å². The van der Waals surface area contributed by atoms with Crippen LogP contribution in [-0.2, 0) is 6.61 Å². The van der Waals surface area contributed by atoms with Crippen molar-refractivity contribution in [1.29, 1.82) is 0 Å². The number of hydrogen-bond acceptors (Lipinski definition) is 4. The molecule has 2 N–H and O–H groups in total. The summed E-state index contributed by atoms with van der Waals surface area (Å²) >= 11 is 5.97. The van der Waals surface area contributed by atoms with Crippen molar-refractivity contribution >= 4 is 11.6 Å². The first-order valence-electron chi connectivity index (χ1n) is 6.08. The van der Waals surface area contributed by atoms with E-state index in [2.05, 4.69) is 5.16 Å². The number of hydrogen-bond donors (Lipinski definition) is 1. The minimum absolute atomic E-state index is 0.140. The zero-order valence-electron chi connectivity index (χ0n) is 11.2. The van der Waals surface area contributed by atoms with Crippen molar-refractivity contribution in [2.45, 2.75) is 33.4 Å². The van der Waals surface area contributed by atoms with Gasteiger partial charge in [-0.25, -0.2) is 0 Å². The number of aryl methyl sites for hydroxylation is 2. The quantitative estimate of drug-likeness (QED) is 0.930. The minimum atomic E-state index is -0.140. The van der Waals surface area contributed by atoms with Crippen molar-refractivity contribution in [1.82, 2.24) is 5.16 Å². The molecule has 0 fully saturated rings. The van der Waals surface area contributed by atoms with Gasteiger partial charge >= 0.3 is 0 Å². The molecule has 4 nitrogen and oxygen atoms in total. The lowest BCUT2D eigenvalue weighted by Crippen LogP contribution is -2.08. The largest absolute Gasteiger partial charge is 0.488 e. The Morgan fingerprint density at radius 1 is 1.42 bits per heavy atom. The van der Waals surface area contributed by atoms with E-state index in [9.17, 15) is 0 Å². The fourth-order valence-electron chi connectivity index (χ4n) is 1.86. The second-order valence-corrected chi connectivity index (χ2v) is 5.00. The zero-order chi connectivity index (χ0) is 14.0. The summed E-state index contributed by atoms with van der Waals surface area (Å²) in [7, 11) is 0. The van der Waals surface area contributed by atoms with Gasteiger partial charge in [-0.1, -0.05) is 16.8 Å². The summed E-state index contributed by atoms with van der Waals surface area (Å²) in [5.41, 5.74) is 8.62. The maximum atomic E-state index is 5.97. The van der Waals surface area contributed by atoms with Gasteiger partial charge in [-0.3, -0.25) is 0 Å². The van der Waals surface area contributed by atoms with Crippen LogP contribution in [0.3, 0.4) is 0 Å². The van der Waals surface area contributed by atoms with Crippen LogP contribution in [0.4, 0.5) is 0 Å². The van der Waals surface area contributed by atoms with Gasteiger partial charge in [0.1, 0.15) is 18.1 Å². The second-order valence-electron chi connectivity index (χ2n) is 4.56. The number of rotatable bonds is 4. The van der Waals surface area contributed by atoms with Gasteiger partial charge in [-0.2, -0.15) is 0 Å². The number of nitrogens with zero attached hydrogens (tertiary/aromatic N) is 1. The molecule has 0 bridgehead atoms. The highest BCUT2D eigenvalue weighted by Gasteiger charge is 2.13. The van der Waals surface area contributed by atoms with E-state index in [1.54, 1.807) is 6.07 Å². The monoisotopic (exact) mass is 280 g/mol. The molecule has 0 spiro atoms. The summed E-state index contributed by atoms with van der Waals surface area (Å²) in [5, 5.41) is 4.55. The predicted octanol–water partition coefficient (Wildman–Crippen LogP) is 3.54. The van der Waals surface area contributed by atoms with Gasteiger partial charge in [0.25, 0.3) is 0 Å². The van der Waals surface area contributed by atoms with Crippen LogP contribution in [0.5, 0.6) is 5.75 Å². The van der Waals surface area contributed by atoms with Gasteiger partial charge in [0.05, 0.1) is 11.3 Å². The Morgan fingerprint density at radius 3 is 2.74 bits per heavy atom. The standard InChI is InChI=1S/C14H17ClN2O2/c1-8(16)12-6-11(15)4-5-14(12)18-7-13-9(2)17-19-10(13)3/h4-6,8H,7,16H2,1-3H3/t8-/m0/s1. The third-order valence-electron chi connectivity index (χ3n) is 3.02. The number of benzene rings is 1. The molecule has 2 rings (SSSR count). The van der Waals surface area contributed by atoms with Crippen molar-refractivity contribution in [2.75, 3.05) is 0 Å². The number of nitrogens with two attached hydrogens (primary N) is 1. The zero-order valence-corrected chi connectivity index (χ0v) is 12.0. The summed E-state index contributed by atoms with van der Waals surface area (Å²) in [6, 6.07) is 5.31. The molecule has 0 radical (unpaired) electrons. The lowest BCUT2D eigenvalue weighted by molar-refractivity contribution is 0.297. The molecule has 0 unspecified atom stereocenters. The molecule has 1 heterocycles. The van der Waals surface area contributed by atoms with E-state index in [0.29, 0.717) is 11.6 Å². The molecular formula is C14H17ClN2O2. The Bertz CT molecular complexity index is 559. The minimum Gasteiger partial charge on any atom is -0.488 e. The molecule has 0 aliphatic rings. The average molecular weight is 281 g/mol. The van der Waals surface area contributed by atoms with Crippen LogP contribution in [0.1, 0.15) is 35.5 Å². The first-order valence-corrected chi connectivity index (χ1v) is 6.46. The molecule has 2 aromatic rings. The van der Waals surface area contributed by atoms with Crippen molar-refractivity contribution in [3.8, 4) is 5.75 Å². The van der Waals surface area contributed by atoms with Gasteiger partial charge in [0.15, 0.2) is 0 Å². The maximum absolute atomic E-state index is 5.97. The Labute approximate surface area is 117 Å². The Balaban J connectivity index is 2.20. The number of ether oxygens (including phenoxy) is 1. The van der Waals surface area contributed by atoms with Gasteiger partial charge in [-0.05, 0) is 39.0 Å². The van der Waals surface area contributed by atoms with Crippen molar-refractivity contribution < 1.29 is 9.26 Å². The predicted molar refractivity (Wildman–Crippen MR) is 74.4 cm³/mol. The first kappa shape index (κ1) is 13.9. The van der Waals surface area contributed by atoms with Crippen LogP contribution in [0.15, 0.2) is 22.7 Å². The molecule has 0 amide bonds. The molecule has 0 aliphatic carbocycles. The summed E-state index contributed by atoms with van der Waals surface area (Å²) in [6.07, 6.45) is 0. The lowest BCUT2D eigenvalue weighted by Gasteiger charge is -2.14. The summed E-state index contributed by atoms with van der Waals surface area (Å²) in [5.74, 6) is 1.51. The highest BCUT2D eigenvalue weighted by Crippen LogP contribution is 2.28. The summed E-state index contributed by atoms with van der Waals surface area (Å²) in [4.78, 5) is 0. The topological polar surface area (TPSA) is 61.3 Å². The number of aromatic nitrogens is 1. The molecule has 0 saturated heterocycles. The van der Waals surface area contributed by atoms with Crippen LogP contribution < -0.4 is 10.5 Å². The van der Waals surface area contributed by atoms with Gasteiger partial charge < -0.3 is 15.0 Å². The van der Waals surface area contributed by atoms with Crippen LogP contribution in [-0.4, -0.2) is 5.16 Å². The molecule has 5 heteroatoms. The van der Waals surface area contributed by atoms with Crippen LogP contribution in [0, 0.1) is 13.8 Å². The summed E-state index contributed by atoms with van der Waals surface area (Å²) in [6.45, 7) is 6.06. The van der Waals surface area contributed by atoms with E-state index in [0.717, 1.165) is 28.3 Å². The van der Waals surface area contributed by atoms with Gasteiger partial charge in [-0.15, -0.1) is 0 Å². The van der Waals surface area contributed by atoms with E-state index in [-0.39, 0.29) is 6.04 Å². The van der Waals surface area contributed by atoms with E-state index in [1.165, 1.54) is 0 Å². The number of halogens is 1. The normalized spacial score (nSPS) is 12.5. The van der Waals surface area contributed by atoms with Crippen LogP contribution in [0.2, 0.25) is 5.02 Å². The van der Waals surface area contributed by atoms with E-state index < -0.39 is 0 Å². The smallest absolute Gasteiger partial charge is 0.140 e. The highest BCUT2D eigenvalue weighted by atomic mass is 35.5. The molecule has 0 aliphatic heterocycles. The first-order chi connectivity index (χ1) is 8.99. The Hall–Kier alpha value is -1.52. The van der Waals surface area contributed by atoms with Crippen LogP contribution >= 0.6 is 11.6 Å². The second kappa shape index (κ2) is 5.63. The molecule has 102 valence electrons. The fraction of sp³-hybridized carbons (Fsp3) is 0.357. The Kier molecular flexibility index (Phi) is 4.12. The molecule has 0 saturated carbocycles. The maximum Gasteiger partial charge on any atom is 0.140 e. The fourth-order valence-corrected chi connectivity index (χ4v) is 2.05. The average Bonchev–Trinajstić information content (AvgIpc) is 2.68. The summed E-state index contributed by atoms with van der Waals surface area (Å²) < 4.78 is 10.9. The van der Waals surface area contributed by atoms with E-state index in [4.69, 9.17) is 26.6 Å². The van der Waals surface area contributed by atoms with Crippen LogP contribution in [0.25, 0.3) is 0 Å². The van der Waals surface area contributed by atoms with Gasteiger partial charge in [0, 0.05) is 16.6 Å². The molecule has 1 atom stereocenters. The van der Waals surface area contributed by atoms with E-state index in [1.807, 2.05) is 32.9 Å².